The molecule has 0 unspecified atom stereocenters. The van der Waals surface area contributed by atoms with Crippen molar-refractivity contribution >= 4 is 33.2 Å². The normalized spacial score (nSPS) is 11.2. The van der Waals surface area contributed by atoms with Crippen molar-refractivity contribution in [2.45, 2.75) is 18.4 Å². The maximum Gasteiger partial charge on any atom is 0.264 e. The van der Waals surface area contributed by atoms with Gasteiger partial charge in [-0.3, -0.25) is 9.10 Å². The van der Waals surface area contributed by atoms with Crippen LogP contribution in [0, 0.1) is 6.92 Å². The van der Waals surface area contributed by atoms with Crippen molar-refractivity contribution in [1.82, 2.24) is 0 Å². The molecule has 1 amide bonds. The van der Waals surface area contributed by atoms with Crippen LogP contribution < -0.4 is 10.0 Å². The molecule has 0 saturated carbocycles. The van der Waals surface area contributed by atoms with E-state index in [4.69, 9.17) is 17.3 Å². The number of halogens is 1. The Morgan fingerprint density at radius 1 is 0.964 bits per heavy atom. The summed E-state index contributed by atoms with van der Waals surface area (Å²) in [7, 11) is -3.94. The zero-order chi connectivity index (χ0) is 20.3. The van der Waals surface area contributed by atoms with Crippen molar-refractivity contribution in [3.63, 3.8) is 0 Å². The number of carbonyl (C=O) groups excluding carboxylic acids is 1. The minimum atomic E-state index is -3.94. The van der Waals surface area contributed by atoms with E-state index < -0.39 is 15.9 Å². The monoisotopic (exact) mass is 414 g/mol. The van der Waals surface area contributed by atoms with Gasteiger partial charge in [0.1, 0.15) is 0 Å². The summed E-state index contributed by atoms with van der Waals surface area (Å²) in [6, 6.07) is 19.8. The molecule has 0 radical (unpaired) electrons. The molecule has 0 aliphatic heterocycles. The number of sulfonamides is 1. The van der Waals surface area contributed by atoms with Crippen molar-refractivity contribution in [3.05, 3.63) is 94.5 Å². The van der Waals surface area contributed by atoms with Gasteiger partial charge in [-0.15, -0.1) is 0 Å². The Morgan fingerprint density at radius 3 is 2.18 bits per heavy atom. The molecule has 5 nitrogen and oxygen atoms in total. The lowest BCUT2D eigenvalue weighted by Crippen LogP contribution is -2.32. The summed E-state index contributed by atoms with van der Waals surface area (Å²) in [4.78, 5) is 12.0. The van der Waals surface area contributed by atoms with Crippen molar-refractivity contribution in [2.75, 3.05) is 4.31 Å². The number of nitrogens with zero attached hydrogens (tertiary/aromatic N) is 1. The number of benzene rings is 3. The average molecular weight is 415 g/mol. The van der Waals surface area contributed by atoms with Crippen LogP contribution in [-0.4, -0.2) is 14.3 Å². The molecule has 0 fully saturated rings. The number of aryl methyl sites for hydroxylation is 1. The molecule has 0 aromatic heterocycles. The van der Waals surface area contributed by atoms with E-state index in [1.165, 1.54) is 10.4 Å². The van der Waals surface area contributed by atoms with Gasteiger partial charge >= 0.3 is 0 Å². The Kier molecular flexibility index (Phi) is 5.72. The summed E-state index contributed by atoms with van der Waals surface area (Å²) < 4.78 is 28.1. The number of hydrogen-bond acceptors (Lipinski definition) is 3. The van der Waals surface area contributed by atoms with Crippen LogP contribution in [0.2, 0.25) is 5.02 Å². The van der Waals surface area contributed by atoms with E-state index in [9.17, 15) is 13.2 Å². The van der Waals surface area contributed by atoms with Crippen LogP contribution in [0.5, 0.6) is 0 Å². The summed E-state index contributed by atoms with van der Waals surface area (Å²) in [6.45, 7) is 1.90. The number of anilines is 1. The molecular weight excluding hydrogens is 396 g/mol. The highest BCUT2D eigenvalue weighted by Gasteiger charge is 2.28. The lowest BCUT2D eigenvalue weighted by molar-refractivity contribution is 0.100. The first-order chi connectivity index (χ1) is 13.3. The minimum Gasteiger partial charge on any atom is -0.366 e. The van der Waals surface area contributed by atoms with Crippen molar-refractivity contribution < 1.29 is 13.2 Å². The van der Waals surface area contributed by atoms with Gasteiger partial charge in [0, 0.05) is 5.02 Å². The second kappa shape index (κ2) is 8.04. The fourth-order valence-electron chi connectivity index (χ4n) is 2.79. The Hall–Kier alpha value is -2.83. The largest absolute Gasteiger partial charge is 0.366 e. The van der Waals surface area contributed by atoms with E-state index in [0.29, 0.717) is 5.02 Å². The van der Waals surface area contributed by atoms with Crippen LogP contribution in [0.4, 0.5) is 5.69 Å². The zero-order valence-electron chi connectivity index (χ0n) is 15.2. The van der Waals surface area contributed by atoms with Gasteiger partial charge in [-0.1, -0.05) is 53.6 Å². The number of amides is 1. The molecular formula is C21H19ClN2O3S. The number of para-hydroxylation sites is 1. The number of primary amides is 1. The van der Waals surface area contributed by atoms with Gasteiger partial charge < -0.3 is 5.73 Å². The van der Waals surface area contributed by atoms with E-state index >= 15 is 0 Å². The summed E-state index contributed by atoms with van der Waals surface area (Å²) in [5.74, 6) is -0.698. The molecule has 0 bridgehead atoms. The van der Waals surface area contributed by atoms with Crippen molar-refractivity contribution in [2.24, 2.45) is 5.73 Å². The van der Waals surface area contributed by atoms with E-state index in [-0.39, 0.29) is 22.7 Å². The maximum absolute atomic E-state index is 13.4. The molecule has 0 aliphatic rings. The highest BCUT2D eigenvalue weighted by molar-refractivity contribution is 7.92. The molecule has 0 aliphatic carbocycles. The molecule has 28 heavy (non-hydrogen) atoms. The summed E-state index contributed by atoms with van der Waals surface area (Å²) in [6.07, 6.45) is 0. The Labute approximate surface area is 169 Å². The minimum absolute atomic E-state index is 0.0255. The molecule has 144 valence electrons. The van der Waals surface area contributed by atoms with E-state index in [1.807, 2.05) is 6.92 Å². The highest BCUT2D eigenvalue weighted by atomic mass is 35.5. The first kappa shape index (κ1) is 19.9. The first-order valence-electron chi connectivity index (χ1n) is 8.52. The van der Waals surface area contributed by atoms with E-state index in [0.717, 1.165) is 11.1 Å². The third-order valence-corrected chi connectivity index (χ3v) is 6.31. The molecule has 0 spiro atoms. The Bertz CT molecular complexity index is 1100. The summed E-state index contributed by atoms with van der Waals surface area (Å²) >= 11 is 5.94. The number of rotatable bonds is 6. The van der Waals surface area contributed by atoms with Gasteiger partial charge in [-0.25, -0.2) is 8.42 Å². The van der Waals surface area contributed by atoms with Crippen LogP contribution in [0.25, 0.3) is 0 Å². The molecule has 3 rings (SSSR count). The van der Waals surface area contributed by atoms with Gasteiger partial charge in [0.2, 0.25) is 0 Å². The maximum atomic E-state index is 13.4. The molecule has 3 aromatic carbocycles. The summed E-state index contributed by atoms with van der Waals surface area (Å²) in [5.41, 5.74) is 7.52. The highest BCUT2D eigenvalue weighted by Crippen LogP contribution is 2.29. The van der Waals surface area contributed by atoms with E-state index in [1.54, 1.807) is 66.7 Å². The molecule has 3 aromatic rings. The number of nitrogens with two attached hydrogens (primary N) is 1. The Balaban J connectivity index is 2.15. The zero-order valence-corrected chi connectivity index (χ0v) is 16.7. The lowest BCUT2D eigenvalue weighted by Gasteiger charge is -2.26. The van der Waals surface area contributed by atoms with Crippen molar-refractivity contribution in [3.8, 4) is 0 Å². The van der Waals surface area contributed by atoms with Crippen LogP contribution in [0.1, 0.15) is 21.5 Å². The van der Waals surface area contributed by atoms with Crippen molar-refractivity contribution in [1.29, 1.82) is 0 Å². The molecule has 0 saturated heterocycles. The van der Waals surface area contributed by atoms with Crippen LogP contribution in [0.15, 0.2) is 77.7 Å². The fraction of sp³-hybridized carbons (Fsp3) is 0.0952. The summed E-state index contributed by atoms with van der Waals surface area (Å²) in [5, 5.41) is 0.550. The van der Waals surface area contributed by atoms with Gasteiger partial charge in [0.25, 0.3) is 15.9 Å². The van der Waals surface area contributed by atoms with Crippen LogP contribution in [-0.2, 0) is 16.6 Å². The molecule has 0 heterocycles. The number of carbonyl (C=O) groups is 1. The van der Waals surface area contributed by atoms with Crippen LogP contribution in [0.3, 0.4) is 0 Å². The fourth-order valence-corrected chi connectivity index (χ4v) is 4.39. The molecule has 2 N–H and O–H groups in total. The van der Waals surface area contributed by atoms with Gasteiger partial charge in [0.05, 0.1) is 22.7 Å². The predicted molar refractivity (Wildman–Crippen MR) is 111 cm³/mol. The smallest absolute Gasteiger partial charge is 0.264 e. The van der Waals surface area contributed by atoms with Gasteiger partial charge in [0.15, 0.2) is 0 Å². The average Bonchev–Trinajstić information content (AvgIpc) is 2.67. The van der Waals surface area contributed by atoms with Crippen LogP contribution >= 0.6 is 11.6 Å². The third kappa shape index (κ3) is 4.18. The lowest BCUT2D eigenvalue weighted by atomic mass is 10.1. The molecule has 7 heteroatoms. The first-order valence-corrected chi connectivity index (χ1v) is 10.3. The standard InChI is InChI=1S/C21H19ClN2O3S/c1-15-6-12-18(13-7-15)28(26,27)24(14-16-8-10-17(22)11-9-16)20-5-3-2-4-19(20)21(23)25/h2-13H,14H2,1H3,(H2,23,25). The quantitative estimate of drug-likeness (QED) is 0.658. The second-order valence-corrected chi connectivity index (χ2v) is 8.63. The van der Waals surface area contributed by atoms with E-state index in [2.05, 4.69) is 0 Å². The second-order valence-electron chi connectivity index (χ2n) is 6.33. The van der Waals surface area contributed by atoms with Gasteiger partial charge in [-0.2, -0.15) is 0 Å². The SMILES string of the molecule is Cc1ccc(S(=O)(=O)N(Cc2ccc(Cl)cc2)c2ccccc2C(N)=O)cc1. The topological polar surface area (TPSA) is 80.5 Å². The Morgan fingerprint density at radius 2 is 1.57 bits per heavy atom. The predicted octanol–water partition coefficient (Wildman–Crippen LogP) is 4.14. The molecule has 0 atom stereocenters. The number of hydrogen-bond donors (Lipinski definition) is 1. The third-order valence-electron chi connectivity index (χ3n) is 4.29. The van der Waals surface area contributed by atoms with Gasteiger partial charge in [-0.05, 0) is 48.9 Å².